The van der Waals surface area contributed by atoms with Gasteiger partial charge in [-0.15, -0.1) is 0 Å². The molecule has 4 nitrogen and oxygen atoms in total. The molecule has 1 N–H and O–H groups in total. The Morgan fingerprint density at radius 2 is 1.90 bits per heavy atom. The summed E-state index contributed by atoms with van der Waals surface area (Å²) in [7, 11) is 0. The molecular weight excluding hydrogens is 336 g/mol. The van der Waals surface area contributed by atoms with Gasteiger partial charge in [0.25, 0.3) is 0 Å². The third kappa shape index (κ3) is 6.41. The number of rotatable bonds is 7. The van der Waals surface area contributed by atoms with Gasteiger partial charge in [0.05, 0.1) is 18.2 Å². The second kappa shape index (κ2) is 7.72. The molecule has 1 aromatic rings. The Morgan fingerprint density at radius 3 is 2.48 bits per heavy atom. The molecule has 0 unspecified atom stereocenters. The molecule has 0 fully saturated rings. The van der Waals surface area contributed by atoms with Gasteiger partial charge in [-0.05, 0) is 12.1 Å². The highest BCUT2D eigenvalue weighted by atomic mass is 35.5. The Balaban J connectivity index is 2.51. The molecule has 21 heavy (non-hydrogen) atoms. The van der Waals surface area contributed by atoms with Gasteiger partial charge in [0, 0.05) is 11.4 Å². The SMILES string of the molecule is O=C(O)c1cc(Cl)cc(Cl)c1OCCCOCC(F)(F)F. The van der Waals surface area contributed by atoms with Gasteiger partial charge in [-0.3, -0.25) is 0 Å². The standard InChI is InChI=1S/C12H11Cl2F3O4/c13-7-4-8(11(18)19)10(9(14)5-7)21-3-1-2-20-6-12(15,16)17/h4-5H,1-3,6H2,(H,18,19). The van der Waals surface area contributed by atoms with Gasteiger partial charge in [-0.2, -0.15) is 13.2 Å². The van der Waals surface area contributed by atoms with Crippen molar-refractivity contribution < 1.29 is 32.5 Å². The van der Waals surface area contributed by atoms with Crippen LogP contribution in [0.3, 0.4) is 0 Å². The van der Waals surface area contributed by atoms with Crippen LogP contribution in [0.2, 0.25) is 10.0 Å². The molecule has 0 saturated heterocycles. The Bertz CT molecular complexity index is 506. The fourth-order valence-corrected chi connectivity index (χ4v) is 1.94. The number of benzene rings is 1. The van der Waals surface area contributed by atoms with Crippen molar-refractivity contribution in [2.24, 2.45) is 0 Å². The summed E-state index contributed by atoms with van der Waals surface area (Å²) in [4.78, 5) is 11.0. The highest BCUT2D eigenvalue weighted by Gasteiger charge is 2.27. The summed E-state index contributed by atoms with van der Waals surface area (Å²) >= 11 is 11.5. The third-order valence-corrected chi connectivity index (χ3v) is 2.68. The highest BCUT2D eigenvalue weighted by molar-refractivity contribution is 6.36. The minimum absolute atomic E-state index is 0.0103. The summed E-state index contributed by atoms with van der Waals surface area (Å²) in [6, 6.07) is 2.48. The molecule has 0 bridgehead atoms. The van der Waals surface area contributed by atoms with Crippen LogP contribution in [0, 0.1) is 0 Å². The first kappa shape index (κ1) is 17.9. The van der Waals surface area contributed by atoms with E-state index in [1.807, 2.05) is 0 Å². The average molecular weight is 347 g/mol. The Morgan fingerprint density at radius 1 is 1.24 bits per heavy atom. The van der Waals surface area contributed by atoms with Gasteiger partial charge >= 0.3 is 12.1 Å². The lowest BCUT2D eigenvalue weighted by Gasteiger charge is -2.12. The van der Waals surface area contributed by atoms with E-state index in [0.717, 1.165) is 0 Å². The predicted molar refractivity (Wildman–Crippen MR) is 70.4 cm³/mol. The lowest BCUT2D eigenvalue weighted by molar-refractivity contribution is -0.174. The number of hydrogen-bond donors (Lipinski definition) is 1. The average Bonchev–Trinajstić information content (AvgIpc) is 2.33. The number of carbonyl (C=O) groups is 1. The Labute approximate surface area is 128 Å². The Kier molecular flexibility index (Phi) is 6.57. The van der Waals surface area contributed by atoms with Gasteiger partial charge in [-0.25, -0.2) is 4.79 Å². The molecule has 0 saturated carbocycles. The van der Waals surface area contributed by atoms with E-state index >= 15 is 0 Å². The molecule has 0 radical (unpaired) electrons. The van der Waals surface area contributed by atoms with Gasteiger partial charge in [-0.1, -0.05) is 23.2 Å². The topological polar surface area (TPSA) is 55.8 Å². The van der Waals surface area contributed by atoms with Crippen molar-refractivity contribution in [1.29, 1.82) is 0 Å². The maximum atomic E-state index is 11.8. The second-order valence-electron chi connectivity index (χ2n) is 3.94. The van der Waals surface area contributed by atoms with E-state index in [0.29, 0.717) is 0 Å². The first-order valence-electron chi connectivity index (χ1n) is 5.70. The third-order valence-electron chi connectivity index (χ3n) is 2.18. The molecule has 0 spiro atoms. The van der Waals surface area contributed by atoms with Crippen molar-refractivity contribution in [2.75, 3.05) is 19.8 Å². The van der Waals surface area contributed by atoms with Crippen LogP contribution in [0.25, 0.3) is 0 Å². The van der Waals surface area contributed by atoms with Crippen molar-refractivity contribution in [1.82, 2.24) is 0 Å². The van der Waals surface area contributed by atoms with Crippen LogP contribution in [0.1, 0.15) is 16.8 Å². The monoisotopic (exact) mass is 346 g/mol. The predicted octanol–water partition coefficient (Wildman–Crippen LogP) is 4.04. The van der Waals surface area contributed by atoms with Crippen LogP contribution in [0.15, 0.2) is 12.1 Å². The van der Waals surface area contributed by atoms with Crippen molar-refractivity contribution in [3.8, 4) is 5.75 Å². The fraction of sp³-hybridized carbons (Fsp3) is 0.417. The van der Waals surface area contributed by atoms with Gasteiger partial charge in [0.15, 0.2) is 5.75 Å². The van der Waals surface area contributed by atoms with Crippen LogP contribution in [0.4, 0.5) is 13.2 Å². The van der Waals surface area contributed by atoms with E-state index in [-0.39, 0.29) is 41.0 Å². The molecule has 0 aromatic heterocycles. The molecule has 0 aliphatic rings. The molecule has 0 aliphatic heterocycles. The summed E-state index contributed by atoms with van der Waals surface area (Å²) < 4.78 is 45.0. The van der Waals surface area contributed by atoms with Crippen molar-refractivity contribution in [3.05, 3.63) is 27.7 Å². The molecular formula is C12H11Cl2F3O4. The van der Waals surface area contributed by atoms with Crippen LogP contribution in [-0.4, -0.2) is 37.1 Å². The smallest absolute Gasteiger partial charge is 0.411 e. The van der Waals surface area contributed by atoms with Crippen LogP contribution in [0.5, 0.6) is 5.75 Å². The molecule has 0 aliphatic carbocycles. The first-order chi connectivity index (χ1) is 9.70. The normalized spacial score (nSPS) is 11.5. The second-order valence-corrected chi connectivity index (χ2v) is 4.78. The molecule has 9 heteroatoms. The van der Waals surface area contributed by atoms with Crippen LogP contribution in [-0.2, 0) is 4.74 Å². The molecule has 1 aromatic carbocycles. The van der Waals surface area contributed by atoms with Crippen LogP contribution >= 0.6 is 23.2 Å². The maximum absolute atomic E-state index is 11.8. The molecule has 0 amide bonds. The summed E-state index contributed by atoms with van der Waals surface area (Å²) in [5, 5.41) is 9.15. The minimum Gasteiger partial charge on any atom is -0.491 e. The van der Waals surface area contributed by atoms with E-state index in [4.69, 9.17) is 33.0 Å². The summed E-state index contributed by atoms with van der Waals surface area (Å²) in [5.74, 6) is -1.35. The number of carboxylic acid groups (broad SMARTS) is 1. The van der Waals surface area contributed by atoms with Crippen molar-refractivity contribution in [2.45, 2.75) is 12.6 Å². The number of ether oxygens (including phenoxy) is 2. The molecule has 1 rings (SSSR count). The van der Waals surface area contributed by atoms with E-state index in [1.54, 1.807) is 0 Å². The largest absolute Gasteiger partial charge is 0.491 e. The molecule has 0 atom stereocenters. The number of alkyl halides is 3. The van der Waals surface area contributed by atoms with Gasteiger partial charge in [0.2, 0.25) is 0 Å². The highest BCUT2D eigenvalue weighted by Crippen LogP contribution is 2.32. The summed E-state index contributed by atoms with van der Waals surface area (Å²) in [5.41, 5.74) is -0.219. The van der Waals surface area contributed by atoms with Crippen LogP contribution < -0.4 is 4.74 Å². The van der Waals surface area contributed by atoms with Crippen molar-refractivity contribution >= 4 is 29.2 Å². The number of carboxylic acids is 1. The number of halogens is 5. The lowest BCUT2D eigenvalue weighted by atomic mass is 10.2. The van der Waals surface area contributed by atoms with Gasteiger partial charge in [0.1, 0.15) is 12.2 Å². The lowest BCUT2D eigenvalue weighted by Crippen LogP contribution is -2.18. The zero-order chi connectivity index (χ0) is 16.0. The molecule has 118 valence electrons. The minimum atomic E-state index is -4.38. The van der Waals surface area contributed by atoms with E-state index < -0.39 is 18.8 Å². The zero-order valence-electron chi connectivity index (χ0n) is 10.5. The number of aromatic carboxylic acids is 1. The summed E-state index contributed by atoms with van der Waals surface area (Å²) in [6.45, 7) is -1.55. The zero-order valence-corrected chi connectivity index (χ0v) is 12.1. The Hall–Kier alpha value is -1.18. The number of hydrogen-bond acceptors (Lipinski definition) is 3. The quantitative estimate of drug-likeness (QED) is 0.757. The van der Waals surface area contributed by atoms with Crippen molar-refractivity contribution in [3.63, 3.8) is 0 Å². The summed E-state index contributed by atoms with van der Waals surface area (Å²) in [6.07, 6.45) is -4.23. The molecule has 0 heterocycles. The van der Waals surface area contributed by atoms with E-state index in [1.165, 1.54) is 12.1 Å². The van der Waals surface area contributed by atoms with E-state index in [2.05, 4.69) is 4.74 Å². The fourth-order valence-electron chi connectivity index (χ4n) is 1.39. The maximum Gasteiger partial charge on any atom is 0.411 e. The first-order valence-corrected chi connectivity index (χ1v) is 6.46. The van der Waals surface area contributed by atoms with E-state index in [9.17, 15) is 18.0 Å². The van der Waals surface area contributed by atoms with Gasteiger partial charge < -0.3 is 14.6 Å².